The average molecular weight is 225 g/mol. The van der Waals surface area contributed by atoms with Crippen LogP contribution >= 0.6 is 0 Å². The Bertz CT molecular complexity index is 304. The molecule has 1 aromatic carbocycles. The number of rotatable bonds is 7. The zero-order valence-corrected chi connectivity index (χ0v) is 9.77. The molecule has 90 valence electrons. The summed E-state index contributed by atoms with van der Waals surface area (Å²) in [5, 5.41) is 12.5. The molecule has 0 aromatic heterocycles. The first kappa shape index (κ1) is 13.0. The van der Waals surface area contributed by atoms with Crippen molar-refractivity contribution < 1.29 is 14.6 Å². The first-order valence-electron chi connectivity index (χ1n) is 5.29. The lowest BCUT2D eigenvalue weighted by atomic mass is 10.1. The number of aliphatic hydroxyl groups excluding tert-OH is 1. The van der Waals surface area contributed by atoms with Crippen molar-refractivity contribution in [3.8, 4) is 5.75 Å². The minimum absolute atomic E-state index is 0.0525. The van der Waals surface area contributed by atoms with Crippen LogP contribution in [0.5, 0.6) is 5.75 Å². The number of hydrogen-bond acceptors (Lipinski definition) is 4. The van der Waals surface area contributed by atoms with Gasteiger partial charge in [0.15, 0.2) is 0 Å². The summed E-state index contributed by atoms with van der Waals surface area (Å²) < 4.78 is 10.1. The van der Waals surface area contributed by atoms with E-state index in [9.17, 15) is 5.11 Å². The Morgan fingerprint density at radius 3 is 2.81 bits per heavy atom. The molecule has 0 aliphatic heterocycles. The fraction of sp³-hybridized carbons (Fsp3) is 0.500. The highest BCUT2D eigenvalue weighted by atomic mass is 16.5. The minimum Gasteiger partial charge on any atom is -0.497 e. The first-order chi connectivity index (χ1) is 7.81. The lowest BCUT2D eigenvalue weighted by Gasteiger charge is -2.17. The number of aliphatic hydroxyl groups is 1. The summed E-state index contributed by atoms with van der Waals surface area (Å²) in [7, 11) is 3.28. The zero-order valence-electron chi connectivity index (χ0n) is 9.77. The molecule has 0 saturated heterocycles. The second kappa shape index (κ2) is 7.22. The van der Waals surface area contributed by atoms with Crippen LogP contribution in [0.3, 0.4) is 0 Å². The lowest BCUT2D eigenvalue weighted by molar-refractivity contribution is 0.184. The predicted octanol–water partition coefficient (Wildman–Crippen LogP) is 0.965. The van der Waals surface area contributed by atoms with Crippen molar-refractivity contribution in [2.24, 2.45) is 0 Å². The lowest BCUT2D eigenvalue weighted by Crippen LogP contribution is -2.27. The molecule has 16 heavy (non-hydrogen) atoms. The summed E-state index contributed by atoms with van der Waals surface area (Å²) in [4.78, 5) is 0. The van der Waals surface area contributed by atoms with Gasteiger partial charge in [0.2, 0.25) is 0 Å². The van der Waals surface area contributed by atoms with Gasteiger partial charge in [0, 0.05) is 13.7 Å². The summed E-state index contributed by atoms with van der Waals surface area (Å²) in [5.41, 5.74) is 1.01. The van der Waals surface area contributed by atoms with Gasteiger partial charge < -0.3 is 19.9 Å². The Labute approximate surface area is 96.2 Å². The van der Waals surface area contributed by atoms with E-state index in [0.717, 1.165) is 11.3 Å². The zero-order chi connectivity index (χ0) is 11.8. The molecule has 4 heteroatoms. The van der Waals surface area contributed by atoms with Crippen LogP contribution in [0.4, 0.5) is 0 Å². The van der Waals surface area contributed by atoms with Crippen molar-refractivity contribution in [3.63, 3.8) is 0 Å². The van der Waals surface area contributed by atoms with Crippen molar-refractivity contribution in [3.05, 3.63) is 29.8 Å². The van der Waals surface area contributed by atoms with E-state index in [1.54, 1.807) is 14.2 Å². The second-order valence-corrected chi connectivity index (χ2v) is 3.46. The van der Waals surface area contributed by atoms with E-state index in [0.29, 0.717) is 13.2 Å². The van der Waals surface area contributed by atoms with Gasteiger partial charge in [0.05, 0.1) is 26.4 Å². The van der Waals surface area contributed by atoms with Crippen LogP contribution in [-0.4, -0.2) is 39.1 Å². The molecule has 0 aliphatic rings. The molecule has 0 aliphatic carbocycles. The molecule has 0 heterocycles. The Balaban J connectivity index is 2.62. The highest BCUT2D eigenvalue weighted by molar-refractivity contribution is 5.30. The third-order valence-electron chi connectivity index (χ3n) is 2.38. The van der Waals surface area contributed by atoms with Gasteiger partial charge >= 0.3 is 0 Å². The molecule has 0 fully saturated rings. The summed E-state index contributed by atoms with van der Waals surface area (Å²) in [6, 6.07) is 7.59. The van der Waals surface area contributed by atoms with Crippen LogP contribution in [0.2, 0.25) is 0 Å². The number of benzene rings is 1. The largest absolute Gasteiger partial charge is 0.497 e. The van der Waals surface area contributed by atoms with Crippen molar-refractivity contribution in [2.45, 2.75) is 6.04 Å². The Hall–Kier alpha value is -1.10. The number of ether oxygens (including phenoxy) is 2. The highest BCUT2D eigenvalue weighted by Crippen LogP contribution is 2.18. The molecule has 4 nitrogen and oxygen atoms in total. The summed E-state index contributed by atoms with van der Waals surface area (Å²) in [5.74, 6) is 0.796. The van der Waals surface area contributed by atoms with Crippen molar-refractivity contribution >= 4 is 0 Å². The molecular weight excluding hydrogens is 206 g/mol. The van der Waals surface area contributed by atoms with E-state index in [4.69, 9.17) is 9.47 Å². The van der Waals surface area contributed by atoms with Gasteiger partial charge in [-0.05, 0) is 17.7 Å². The molecule has 0 saturated carbocycles. The van der Waals surface area contributed by atoms with Crippen LogP contribution < -0.4 is 10.1 Å². The van der Waals surface area contributed by atoms with Gasteiger partial charge in [-0.2, -0.15) is 0 Å². The van der Waals surface area contributed by atoms with Crippen LogP contribution in [0.1, 0.15) is 11.6 Å². The number of hydrogen-bond donors (Lipinski definition) is 2. The maximum atomic E-state index is 9.30. The molecule has 1 rings (SSSR count). The topological polar surface area (TPSA) is 50.7 Å². The van der Waals surface area contributed by atoms with Crippen molar-refractivity contribution in [1.82, 2.24) is 5.32 Å². The predicted molar refractivity (Wildman–Crippen MR) is 62.7 cm³/mol. The van der Waals surface area contributed by atoms with Crippen molar-refractivity contribution in [2.75, 3.05) is 34.0 Å². The van der Waals surface area contributed by atoms with Gasteiger partial charge in [0.1, 0.15) is 5.75 Å². The van der Waals surface area contributed by atoms with Gasteiger partial charge in [-0.1, -0.05) is 12.1 Å². The third kappa shape index (κ3) is 3.81. The van der Waals surface area contributed by atoms with E-state index in [-0.39, 0.29) is 12.6 Å². The van der Waals surface area contributed by atoms with Crippen LogP contribution in [-0.2, 0) is 4.74 Å². The molecule has 0 spiro atoms. The second-order valence-electron chi connectivity index (χ2n) is 3.46. The summed E-state index contributed by atoms with van der Waals surface area (Å²) in [6.07, 6.45) is 0. The summed E-state index contributed by atoms with van der Waals surface area (Å²) >= 11 is 0. The van der Waals surface area contributed by atoms with E-state index in [1.165, 1.54) is 0 Å². The van der Waals surface area contributed by atoms with Crippen LogP contribution in [0.25, 0.3) is 0 Å². The summed E-state index contributed by atoms with van der Waals surface area (Å²) in [6.45, 7) is 1.39. The van der Waals surface area contributed by atoms with Crippen LogP contribution in [0, 0.1) is 0 Å². The molecular formula is C12H19NO3. The smallest absolute Gasteiger partial charge is 0.119 e. The fourth-order valence-electron chi connectivity index (χ4n) is 1.48. The Morgan fingerprint density at radius 1 is 1.38 bits per heavy atom. The standard InChI is InChI=1S/C12H19NO3/c1-15-7-6-13-12(9-14)10-4-3-5-11(8-10)16-2/h3-5,8,12-14H,6-7,9H2,1-2H3. The first-order valence-corrected chi connectivity index (χ1v) is 5.29. The van der Waals surface area contributed by atoms with E-state index in [2.05, 4.69) is 5.32 Å². The highest BCUT2D eigenvalue weighted by Gasteiger charge is 2.09. The number of methoxy groups -OCH3 is 2. The normalized spacial score (nSPS) is 12.4. The van der Waals surface area contributed by atoms with Gasteiger partial charge in [-0.25, -0.2) is 0 Å². The molecule has 1 atom stereocenters. The van der Waals surface area contributed by atoms with Gasteiger partial charge in [0.25, 0.3) is 0 Å². The molecule has 0 bridgehead atoms. The fourth-order valence-corrected chi connectivity index (χ4v) is 1.48. The minimum atomic E-state index is -0.0785. The van der Waals surface area contributed by atoms with E-state index in [1.807, 2.05) is 24.3 Å². The van der Waals surface area contributed by atoms with Gasteiger partial charge in [-0.15, -0.1) is 0 Å². The number of nitrogens with one attached hydrogen (secondary N) is 1. The van der Waals surface area contributed by atoms with E-state index < -0.39 is 0 Å². The Kier molecular flexibility index (Phi) is 5.85. The monoisotopic (exact) mass is 225 g/mol. The maximum absolute atomic E-state index is 9.30. The van der Waals surface area contributed by atoms with Gasteiger partial charge in [-0.3, -0.25) is 0 Å². The maximum Gasteiger partial charge on any atom is 0.119 e. The third-order valence-corrected chi connectivity index (χ3v) is 2.38. The average Bonchev–Trinajstić information content (AvgIpc) is 2.35. The molecule has 0 amide bonds. The Morgan fingerprint density at radius 2 is 2.19 bits per heavy atom. The molecule has 2 N–H and O–H groups in total. The van der Waals surface area contributed by atoms with E-state index >= 15 is 0 Å². The van der Waals surface area contributed by atoms with Crippen molar-refractivity contribution in [1.29, 1.82) is 0 Å². The quantitative estimate of drug-likeness (QED) is 0.679. The molecule has 1 unspecified atom stereocenters. The molecule has 0 radical (unpaired) electrons. The van der Waals surface area contributed by atoms with Crippen LogP contribution in [0.15, 0.2) is 24.3 Å². The SMILES string of the molecule is COCCNC(CO)c1cccc(OC)c1. The molecule has 1 aromatic rings.